The molecule has 0 spiro atoms. The number of carboxylic acids is 1. The first kappa shape index (κ1) is 22.9. The van der Waals surface area contributed by atoms with E-state index in [0.717, 1.165) is 0 Å². The fourth-order valence-electron chi connectivity index (χ4n) is 4.24. The van der Waals surface area contributed by atoms with Crippen LogP contribution >= 0.6 is 11.8 Å². The van der Waals surface area contributed by atoms with Crippen molar-refractivity contribution >= 4 is 41.6 Å². The average molecular weight is 477 g/mol. The number of carbonyl (C=O) groups excluding carboxylic acids is 4. The molecule has 176 valence electrons. The summed E-state index contributed by atoms with van der Waals surface area (Å²) in [5, 5.41) is 26.2. The lowest BCUT2D eigenvalue weighted by atomic mass is 9.95. The molecule has 6 amide bonds. The number of urea groups is 2. The van der Waals surface area contributed by atoms with Crippen molar-refractivity contribution in [1.29, 1.82) is 0 Å². The molecule has 1 unspecified atom stereocenters. The van der Waals surface area contributed by atoms with Crippen LogP contribution in [-0.2, 0) is 14.4 Å². The van der Waals surface area contributed by atoms with E-state index in [0.29, 0.717) is 10.5 Å². The number of aliphatic hydroxyl groups excluding tert-OH is 1. The molecular weight excluding hydrogens is 454 g/mol. The fourth-order valence-corrected chi connectivity index (χ4v) is 5.86. The van der Waals surface area contributed by atoms with Gasteiger partial charge in [0.15, 0.2) is 6.23 Å². The smallest absolute Gasteiger partial charge is 0.328 e. The highest BCUT2D eigenvalue weighted by molar-refractivity contribution is 8.01. The van der Waals surface area contributed by atoms with Gasteiger partial charge in [0.05, 0.1) is 6.54 Å². The second-order valence-electron chi connectivity index (χ2n) is 8.41. The average Bonchev–Trinajstić information content (AvgIpc) is 3.23. The molecule has 12 nitrogen and oxygen atoms in total. The van der Waals surface area contributed by atoms with Crippen molar-refractivity contribution in [2.24, 2.45) is 0 Å². The summed E-state index contributed by atoms with van der Waals surface area (Å²) in [5.74, 6) is -2.35. The second kappa shape index (κ2) is 8.23. The SMILES string of the molecule is CC1(C)S[C@@H]2[C@H](NC(=O)[C@H](NC(=O)N3C(=O)NCC3O)c3ccccc3)C(=O)N2[C@H]1C(=O)O. The number of β-amino-alcohol motifs (C(OH)–C–C–N with tert-alkyl or cyclic N) is 1. The molecule has 1 aromatic rings. The van der Waals surface area contributed by atoms with Gasteiger partial charge in [0, 0.05) is 4.75 Å². The number of aliphatic carboxylic acids is 1. The summed E-state index contributed by atoms with van der Waals surface area (Å²) < 4.78 is -0.752. The largest absolute Gasteiger partial charge is 0.480 e. The van der Waals surface area contributed by atoms with E-state index >= 15 is 0 Å². The number of benzene rings is 1. The number of β-lactam (4-membered cyclic amide) rings is 1. The summed E-state index contributed by atoms with van der Waals surface area (Å²) in [6.45, 7) is 3.31. The third-order valence-corrected chi connectivity index (χ3v) is 7.38. The van der Waals surface area contributed by atoms with E-state index in [1.807, 2.05) is 0 Å². The number of amides is 6. The molecule has 0 aliphatic carbocycles. The van der Waals surface area contributed by atoms with Crippen molar-refractivity contribution in [3.05, 3.63) is 35.9 Å². The maximum atomic E-state index is 13.2. The summed E-state index contributed by atoms with van der Waals surface area (Å²) in [4.78, 5) is 63.9. The van der Waals surface area contributed by atoms with E-state index in [-0.39, 0.29) is 6.54 Å². The minimum Gasteiger partial charge on any atom is -0.480 e. The van der Waals surface area contributed by atoms with Crippen LogP contribution < -0.4 is 16.0 Å². The number of carboxylic acid groups (broad SMARTS) is 1. The molecule has 0 radical (unpaired) electrons. The molecule has 3 aliphatic rings. The zero-order chi connectivity index (χ0) is 24.1. The van der Waals surface area contributed by atoms with Crippen LogP contribution in [0.1, 0.15) is 25.5 Å². The van der Waals surface area contributed by atoms with Gasteiger partial charge in [0.1, 0.15) is 23.5 Å². The predicted octanol–water partition coefficient (Wildman–Crippen LogP) is -0.587. The van der Waals surface area contributed by atoms with Crippen molar-refractivity contribution in [3.63, 3.8) is 0 Å². The van der Waals surface area contributed by atoms with Gasteiger partial charge >= 0.3 is 18.0 Å². The highest BCUT2D eigenvalue weighted by atomic mass is 32.2. The zero-order valence-electron chi connectivity index (χ0n) is 17.7. The van der Waals surface area contributed by atoms with Crippen LogP contribution in [-0.4, -0.2) is 84.8 Å². The fraction of sp³-hybridized carbons (Fsp3) is 0.450. The molecule has 0 aromatic heterocycles. The van der Waals surface area contributed by atoms with Crippen molar-refractivity contribution < 1.29 is 34.2 Å². The zero-order valence-corrected chi connectivity index (χ0v) is 18.5. The first-order valence-corrected chi connectivity index (χ1v) is 11.0. The Morgan fingerprint density at radius 3 is 2.45 bits per heavy atom. The molecule has 3 heterocycles. The molecule has 5 N–H and O–H groups in total. The lowest BCUT2D eigenvalue weighted by molar-refractivity contribution is -0.161. The van der Waals surface area contributed by atoms with Crippen LogP contribution in [0.25, 0.3) is 0 Å². The molecule has 33 heavy (non-hydrogen) atoms. The topological polar surface area (TPSA) is 168 Å². The van der Waals surface area contributed by atoms with Gasteiger partial charge in [0.25, 0.3) is 0 Å². The molecule has 0 bridgehead atoms. The van der Waals surface area contributed by atoms with Crippen LogP contribution in [0.4, 0.5) is 9.59 Å². The number of nitrogens with zero attached hydrogens (tertiary/aromatic N) is 2. The summed E-state index contributed by atoms with van der Waals surface area (Å²) in [6.07, 6.45) is -1.39. The number of rotatable bonds is 5. The number of imide groups is 1. The van der Waals surface area contributed by atoms with Gasteiger partial charge in [-0.1, -0.05) is 30.3 Å². The quantitative estimate of drug-likeness (QED) is 0.351. The van der Waals surface area contributed by atoms with E-state index in [4.69, 9.17) is 0 Å². The minimum absolute atomic E-state index is 0.139. The lowest BCUT2D eigenvalue weighted by Gasteiger charge is -2.44. The monoisotopic (exact) mass is 477 g/mol. The van der Waals surface area contributed by atoms with Crippen LogP contribution in [0.15, 0.2) is 30.3 Å². The number of nitrogens with one attached hydrogen (secondary N) is 3. The van der Waals surface area contributed by atoms with Gasteiger partial charge in [-0.15, -0.1) is 11.8 Å². The van der Waals surface area contributed by atoms with Gasteiger partial charge in [-0.05, 0) is 19.4 Å². The van der Waals surface area contributed by atoms with Gasteiger partial charge in [-0.2, -0.15) is 0 Å². The van der Waals surface area contributed by atoms with Gasteiger partial charge in [0.2, 0.25) is 11.8 Å². The van der Waals surface area contributed by atoms with Gasteiger partial charge < -0.3 is 31.1 Å². The molecule has 3 saturated heterocycles. The summed E-state index contributed by atoms with van der Waals surface area (Å²) in [6, 6.07) is 3.17. The Balaban J connectivity index is 1.52. The first-order chi connectivity index (χ1) is 15.5. The highest BCUT2D eigenvalue weighted by Gasteiger charge is 2.64. The Morgan fingerprint density at radius 2 is 1.88 bits per heavy atom. The van der Waals surface area contributed by atoms with E-state index in [1.165, 1.54) is 16.7 Å². The Labute approximate surface area is 192 Å². The normalized spacial score (nSPS) is 28.5. The second-order valence-corrected chi connectivity index (χ2v) is 10.2. The maximum Gasteiger partial charge on any atom is 0.328 e. The summed E-state index contributed by atoms with van der Waals surface area (Å²) >= 11 is 1.28. The van der Waals surface area contributed by atoms with Crippen LogP contribution in [0.5, 0.6) is 0 Å². The van der Waals surface area contributed by atoms with Crippen LogP contribution in [0, 0.1) is 0 Å². The molecule has 3 aliphatic heterocycles. The number of hydrogen-bond donors (Lipinski definition) is 5. The Morgan fingerprint density at radius 1 is 1.21 bits per heavy atom. The van der Waals surface area contributed by atoms with E-state index < -0.39 is 64.3 Å². The van der Waals surface area contributed by atoms with Crippen molar-refractivity contribution in [3.8, 4) is 0 Å². The van der Waals surface area contributed by atoms with Gasteiger partial charge in [-0.3, -0.25) is 9.59 Å². The van der Waals surface area contributed by atoms with Crippen LogP contribution in [0.2, 0.25) is 0 Å². The maximum absolute atomic E-state index is 13.2. The Hall–Kier alpha value is -3.32. The molecular formula is C20H23N5O7S. The highest BCUT2D eigenvalue weighted by Crippen LogP contribution is 2.50. The lowest BCUT2D eigenvalue weighted by Crippen LogP contribution is -2.71. The third kappa shape index (κ3) is 3.86. The number of carbonyl (C=O) groups is 5. The van der Waals surface area contributed by atoms with Crippen molar-refractivity contribution in [2.45, 2.75) is 48.3 Å². The molecule has 1 aromatic carbocycles. The standard InChI is InChI=1S/C20H23N5O7S/c1-20(2)13(17(29)30)25-15(28)12(16(25)33-20)22-14(27)11(9-6-4-3-5-7-9)23-19(32)24-10(26)8-21-18(24)31/h3-7,10-13,16,26H,8H2,1-2H3,(H,21,31)(H,22,27)(H,23,32)(H,29,30)/t10?,11-,12-,13+,16-/m1/s1. The minimum atomic E-state index is -1.39. The third-order valence-electron chi connectivity index (χ3n) is 5.81. The van der Waals surface area contributed by atoms with Crippen LogP contribution in [0.3, 0.4) is 0 Å². The Kier molecular flexibility index (Phi) is 5.70. The molecule has 5 atom stereocenters. The first-order valence-electron chi connectivity index (χ1n) is 10.2. The molecule has 3 fully saturated rings. The molecule has 0 saturated carbocycles. The summed E-state index contributed by atoms with van der Waals surface area (Å²) in [7, 11) is 0. The number of aliphatic hydroxyl groups is 1. The van der Waals surface area contributed by atoms with E-state index in [1.54, 1.807) is 44.2 Å². The molecule has 4 rings (SSSR count). The number of hydrogen-bond acceptors (Lipinski definition) is 7. The van der Waals surface area contributed by atoms with Crippen molar-refractivity contribution in [2.75, 3.05) is 6.54 Å². The van der Waals surface area contributed by atoms with E-state index in [2.05, 4.69) is 16.0 Å². The molecule has 13 heteroatoms. The predicted molar refractivity (Wildman–Crippen MR) is 115 cm³/mol. The van der Waals surface area contributed by atoms with Gasteiger partial charge in [-0.25, -0.2) is 19.3 Å². The number of fused-ring (bicyclic) bond motifs is 1. The van der Waals surface area contributed by atoms with Crippen molar-refractivity contribution in [1.82, 2.24) is 25.8 Å². The Bertz CT molecular complexity index is 1020. The summed E-state index contributed by atoms with van der Waals surface area (Å²) in [5.41, 5.74) is 0.392. The number of thioether (sulfide) groups is 1. The van der Waals surface area contributed by atoms with E-state index in [9.17, 15) is 34.2 Å².